The minimum atomic E-state index is 0.913. The van der Waals surface area contributed by atoms with Crippen LogP contribution in [0.3, 0.4) is 0 Å². The van der Waals surface area contributed by atoms with E-state index in [1.54, 1.807) is 0 Å². The summed E-state index contributed by atoms with van der Waals surface area (Å²) in [6, 6.07) is 70.9. The smallest absolute Gasteiger partial charge is 0.143 e. The average molecular weight is 697 g/mol. The first kappa shape index (κ1) is 30.3. The molecule has 55 heavy (non-hydrogen) atoms. The Morgan fingerprint density at radius 1 is 0.273 bits per heavy atom. The van der Waals surface area contributed by atoms with E-state index >= 15 is 0 Å². The molecule has 12 aromatic rings. The molecule has 0 bridgehead atoms. The third kappa shape index (κ3) is 4.41. The second kappa shape index (κ2) is 11.6. The monoisotopic (exact) mass is 696 g/mol. The summed E-state index contributed by atoms with van der Waals surface area (Å²) < 4.78 is 6.90. The number of hydrogen-bond donors (Lipinski definition) is 0. The van der Waals surface area contributed by atoms with Crippen LogP contribution >= 0.6 is 0 Å². The Labute approximate surface area is 317 Å². The highest BCUT2D eigenvalue weighted by atomic mass is 16.3. The molecule has 0 aliphatic rings. The molecule has 0 spiro atoms. The maximum Gasteiger partial charge on any atom is 0.143 e. The van der Waals surface area contributed by atoms with Crippen molar-refractivity contribution >= 4 is 86.6 Å². The highest BCUT2D eigenvalue weighted by molar-refractivity contribution is 6.34. The van der Waals surface area contributed by atoms with Gasteiger partial charge in [0.15, 0.2) is 0 Å². The van der Waals surface area contributed by atoms with Crippen LogP contribution in [-0.2, 0) is 0 Å². The minimum absolute atomic E-state index is 0.913. The lowest BCUT2D eigenvalue weighted by Crippen LogP contribution is -1.91. The van der Waals surface area contributed by atoms with Gasteiger partial charge in [0.2, 0.25) is 0 Å². The molecule has 0 unspecified atom stereocenters. The van der Waals surface area contributed by atoms with Crippen LogP contribution < -0.4 is 0 Å². The van der Waals surface area contributed by atoms with E-state index in [1.165, 1.54) is 103 Å². The highest BCUT2D eigenvalue weighted by Crippen LogP contribution is 2.47. The van der Waals surface area contributed by atoms with Gasteiger partial charge >= 0.3 is 0 Å². The summed E-state index contributed by atoms with van der Waals surface area (Å²) in [6.45, 7) is 0. The van der Waals surface area contributed by atoms with Crippen LogP contribution in [0.2, 0.25) is 0 Å². The predicted molar refractivity (Wildman–Crippen MR) is 235 cm³/mol. The summed E-state index contributed by atoms with van der Waals surface area (Å²) >= 11 is 0. The lowest BCUT2D eigenvalue weighted by Gasteiger charge is -2.18. The van der Waals surface area contributed by atoms with Gasteiger partial charge < -0.3 is 4.42 Å². The number of rotatable bonds is 3. The fourth-order valence-electron chi connectivity index (χ4n) is 9.41. The summed E-state index contributed by atoms with van der Waals surface area (Å²) in [6.07, 6.45) is 0. The Hall–Kier alpha value is -7.22. The van der Waals surface area contributed by atoms with Crippen molar-refractivity contribution in [3.8, 4) is 33.4 Å². The van der Waals surface area contributed by atoms with E-state index in [9.17, 15) is 0 Å². The topological polar surface area (TPSA) is 13.1 Å². The van der Waals surface area contributed by atoms with E-state index in [2.05, 4.69) is 194 Å². The van der Waals surface area contributed by atoms with Crippen LogP contribution in [0.5, 0.6) is 0 Å². The molecule has 0 atom stereocenters. The molecule has 0 saturated heterocycles. The Balaban J connectivity index is 1.07. The van der Waals surface area contributed by atoms with Crippen molar-refractivity contribution in [2.24, 2.45) is 0 Å². The highest BCUT2D eigenvalue weighted by Gasteiger charge is 2.21. The number of fused-ring (bicyclic) bond motifs is 13. The normalized spacial score (nSPS) is 12.0. The molecule has 0 N–H and O–H groups in total. The van der Waals surface area contributed by atoms with Crippen molar-refractivity contribution in [3.05, 3.63) is 194 Å². The average Bonchev–Trinajstić information content (AvgIpc) is 3.66. The van der Waals surface area contributed by atoms with Gasteiger partial charge in [-0.3, -0.25) is 0 Å². The Morgan fingerprint density at radius 2 is 0.709 bits per heavy atom. The Bertz CT molecular complexity index is 3470. The fraction of sp³-hybridized carbons (Fsp3) is 0. The van der Waals surface area contributed by atoms with Crippen molar-refractivity contribution in [3.63, 3.8) is 0 Å². The van der Waals surface area contributed by atoms with Gasteiger partial charge in [0.1, 0.15) is 11.2 Å². The largest absolute Gasteiger partial charge is 0.455 e. The zero-order valence-electron chi connectivity index (χ0n) is 29.9. The van der Waals surface area contributed by atoms with Crippen molar-refractivity contribution < 1.29 is 4.42 Å². The number of hydrogen-bond acceptors (Lipinski definition) is 1. The minimum Gasteiger partial charge on any atom is -0.455 e. The molecule has 0 saturated carbocycles. The van der Waals surface area contributed by atoms with E-state index in [-0.39, 0.29) is 0 Å². The maximum absolute atomic E-state index is 6.90. The number of furan rings is 1. The van der Waals surface area contributed by atoms with E-state index in [0.29, 0.717) is 0 Å². The first-order chi connectivity index (χ1) is 27.3. The molecule has 1 nitrogen and oxygen atoms in total. The molecule has 0 aliphatic heterocycles. The van der Waals surface area contributed by atoms with Crippen molar-refractivity contribution in [2.45, 2.75) is 0 Å². The molecule has 1 aromatic heterocycles. The van der Waals surface area contributed by atoms with E-state index < -0.39 is 0 Å². The van der Waals surface area contributed by atoms with Gasteiger partial charge in [0, 0.05) is 16.2 Å². The van der Waals surface area contributed by atoms with Crippen molar-refractivity contribution in [1.29, 1.82) is 0 Å². The number of benzene rings is 11. The van der Waals surface area contributed by atoms with E-state index in [1.807, 2.05) is 0 Å². The summed E-state index contributed by atoms with van der Waals surface area (Å²) in [4.78, 5) is 0. The second-order valence-electron chi connectivity index (χ2n) is 14.7. The Kier molecular flexibility index (Phi) is 6.40. The zero-order valence-corrected chi connectivity index (χ0v) is 29.9. The predicted octanol–water partition coefficient (Wildman–Crippen LogP) is 15.5. The molecule has 0 amide bonds. The van der Waals surface area contributed by atoms with Gasteiger partial charge in [-0.15, -0.1) is 0 Å². The van der Waals surface area contributed by atoms with Gasteiger partial charge in [-0.25, -0.2) is 0 Å². The molecule has 254 valence electrons. The van der Waals surface area contributed by atoms with E-state index in [4.69, 9.17) is 4.42 Å². The first-order valence-corrected chi connectivity index (χ1v) is 19.0. The zero-order chi connectivity index (χ0) is 36.0. The van der Waals surface area contributed by atoms with Crippen LogP contribution in [0.25, 0.3) is 120 Å². The lowest BCUT2D eigenvalue weighted by molar-refractivity contribution is 0.673. The van der Waals surface area contributed by atoms with Crippen molar-refractivity contribution in [2.75, 3.05) is 0 Å². The molecule has 0 radical (unpaired) electrons. The molecule has 1 heterocycles. The summed E-state index contributed by atoms with van der Waals surface area (Å²) in [5.74, 6) is 0. The third-order valence-electron chi connectivity index (χ3n) is 11.8. The van der Waals surface area contributed by atoms with Gasteiger partial charge in [-0.05, 0) is 105 Å². The lowest BCUT2D eigenvalue weighted by atomic mass is 9.85. The summed E-state index contributed by atoms with van der Waals surface area (Å²) in [5, 5.41) is 17.2. The summed E-state index contributed by atoms with van der Waals surface area (Å²) in [7, 11) is 0. The summed E-state index contributed by atoms with van der Waals surface area (Å²) in [5.41, 5.74) is 9.18. The van der Waals surface area contributed by atoms with Crippen LogP contribution in [0.1, 0.15) is 0 Å². The maximum atomic E-state index is 6.90. The fourth-order valence-corrected chi connectivity index (χ4v) is 9.41. The van der Waals surface area contributed by atoms with Crippen LogP contribution in [0.4, 0.5) is 0 Å². The molecular weight excluding hydrogens is 665 g/mol. The van der Waals surface area contributed by atoms with Crippen LogP contribution in [-0.4, -0.2) is 0 Å². The molecule has 12 rings (SSSR count). The first-order valence-electron chi connectivity index (χ1n) is 19.0. The molecule has 0 aliphatic carbocycles. The van der Waals surface area contributed by atoms with Crippen LogP contribution in [0, 0.1) is 0 Å². The van der Waals surface area contributed by atoms with Gasteiger partial charge in [-0.1, -0.05) is 182 Å². The van der Waals surface area contributed by atoms with E-state index in [0.717, 1.165) is 16.6 Å². The standard InChI is InChI=1S/C54H32O/c1-2-14-36-31-37(30-25-33(36)13-1)51-45-22-10-8-20-43(45)50(44-21-9-11-23-46(44)51)35-28-26-34(27-29-35)48-32-49-52(41-18-6-4-17-40(41)48)53-42-19-7-3-15-38(42)39-16-5-12-24-47(39)54(53)55-49/h1-32H. The molecular formula is C54H32O. The second-order valence-corrected chi connectivity index (χ2v) is 14.7. The molecule has 0 fully saturated rings. The molecule has 1 heteroatoms. The van der Waals surface area contributed by atoms with Gasteiger partial charge in [0.25, 0.3) is 0 Å². The Morgan fingerprint density at radius 3 is 1.35 bits per heavy atom. The van der Waals surface area contributed by atoms with Crippen molar-refractivity contribution in [1.82, 2.24) is 0 Å². The van der Waals surface area contributed by atoms with Crippen LogP contribution in [0.15, 0.2) is 199 Å². The quantitative estimate of drug-likeness (QED) is 0.132. The van der Waals surface area contributed by atoms with Gasteiger partial charge in [0.05, 0.1) is 0 Å². The third-order valence-corrected chi connectivity index (χ3v) is 11.8. The SMILES string of the molecule is c1ccc2cc(-c3c4ccccc4c(-c4ccc(-c5cc6oc7c8ccccc8c8ccccc8c7c6c6ccccc56)cc4)c4ccccc34)ccc2c1. The van der Waals surface area contributed by atoms with Gasteiger partial charge in [-0.2, -0.15) is 0 Å². The molecule has 11 aromatic carbocycles.